The predicted molar refractivity (Wildman–Crippen MR) is 84.1 cm³/mol. The van der Waals surface area contributed by atoms with Crippen molar-refractivity contribution in [3.63, 3.8) is 0 Å². The van der Waals surface area contributed by atoms with Gasteiger partial charge in [0.15, 0.2) is 6.29 Å². The van der Waals surface area contributed by atoms with Gasteiger partial charge in [-0.15, -0.1) is 11.6 Å². The van der Waals surface area contributed by atoms with Gasteiger partial charge in [0.2, 0.25) is 8.32 Å². The zero-order valence-electron chi connectivity index (χ0n) is 12.6. The molecule has 0 bridgehead atoms. The number of alkyl halides is 1. The Kier molecular flexibility index (Phi) is 4.85. The van der Waals surface area contributed by atoms with Crippen molar-refractivity contribution < 1.29 is 9.22 Å². The van der Waals surface area contributed by atoms with E-state index in [1.807, 2.05) is 6.07 Å². The van der Waals surface area contributed by atoms with Crippen molar-refractivity contribution in [2.24, 2.45) is 0 Å². The van der Waals surface area contributed by atoms with Gasteiger partial charge in [-0.05, 0) is 42.2 Å². The minimum absolute atomic E-state index is 0.0885. The summed E-state index contributed by atoms with van der Waals surface area (Å²) >= 11 is 5.92. The van der Waals surface area contributed by atoms with Gasteiger partial charge >= 0.3 is 0 Å². The number of hydrogen-bond acceptors (Lipinski definition) is 2. The van der Waals surface area contributed by atoms with Crippen LogP contribution in [0.15, 0.2) is 12.1 Å². The fourth-order valence-corrected chi connectivity index (χ4v) is 2.85. The van der Waals surface area contributed by atoms with Crippen LogP contribution in [0.25, 0.3) is 0 Å². The SMILES string of the molecule is CC(C)(C)c1cc(CCl)cc(C=O)c1O[Si](C)(C)C. The first kappa shape index (κ1) is 16.3. The van der Waals surface area contributed by atoms with Crippen molar-refractivity contribution in [3.8, 4) is 5.75 Å². The van der Waals surface area contributed by atoms with E-state index in [2.05, 4.69) is 46.5 Å². The van der Waals surface area contributed by atoms with Gasteiger partial charge in [0.1, 0.15) is 5.75 Å². The van der Waals surface area contributed by atoms with E-state index in [9.17, 15) is 4.79 Å². The van der Waals surface area contributed by atoms with Crippen LogP contribution < -0.4 is 4.43 Å². The van der Waals surface area contributed by atoms with Crippen molar-refractivity contribution in [3.05, 3.63) is 28.8 Å². The van der Waals surface area contributed by atoms with Crippen LogP contribution in [0.1, 0.15) is 42.3 Å². The lowest BCUT2D eigenvalue weighted by molar-refractivity contribution is 0.112. The topological polar surface area (TPSA) is 26.3 Å². The van der Waals surface area contributed by atoms with Crippen LogP contribution in [0.4, 0.5) is 0 Å². The number of halogens is 1. The molecule has 0 radical (unpaired) electrons. The average molecular weight is 299 g/mol. The normalized spacial score (nSPS) is 12.4. The second kappa shape index (κ2) is 5.67. The monoisotopic (exact) mass is 298 g/mol. The van der Waals surface area contributed by atoms with Crippen LogP contribution in [-0.4, -0.2) is 14.6 Å². The first-order valence-corrected chi connectivity index (χ1v) is 10.4. The van der Waals surface area contributed by atoms with Gasteiger partial charge in [-0.3, -0.25) is 4.79 Å². The number of benzene rings is 1. The molecule has 1 aromatic carbocycles. The summed E-state index contributed by atoms with van der Waals surface area (Å²) in [5, 5.41) is 0. The second-order valence-electron chi connectivity index (χ2n) is 6.78. The number of rotatable bonds is 4. The molecule has 19 heavy (non-hydrogen) atoms. The van der Waals surface area contributed by atoms with Gasteiger partial charge in [-0.1, -0.05) is 26.8 Å². The summed E-state index contributed by atoms with van der Waals surface area (Å²) in [6.07, 6.45) is 0.862. The Bertz CT molecular complexity index is 470. The molecule has 0 aliphatic rings. The van der Waals surface area contributed by atoms with Crippen LogP contribution in [0.2, 0.25) is 19.6 Å². The molecule has 106 valence electrons. The number of aldehydes is 1. The minimum Gasteiger partial charge on any atom is -0.544 e. The summed E-state index contributed by atoms with van der Waals surface area (Å²) in [5.41, 5.74) is 2.52. The molecule has 1 rings (SSSR count). The van der Waals surface area contributed by atoms with E-state index in [1.54, 1.807) is 0 Å². The van der Waals surface area contributed by atoms with Crippen LogP contribution in [-0.2, 0) is 11.3 Å². The molecule has 4 heteroatoms. The lowest BCUT2D eigenvalue weighted by atomic mass is 9.84. The van der Waals surface area contributed by atoms with Gasteiger partial charge in [-0.2, -0.15) is 0 Å². The molecule has 0 fully saturated rings. The fourth-order valence-electron chi connectivity index (χ4n) is 1.86. The molecule has 0 atom stereocenters. The van der Waals surface area contributed by atoms with E-state index in [4.69, 9.17) is 16.0 Å². The first-order chi connectivity index (χ1) is 8.58. The van der Waals surface area contributed by atoms with Gasteiger partial charge in [-0.25, -0.2) is 0 Å². The maximum atomic E-state index is 11.4. The molecule has 0 spiro atoms. The number of carbonyl (C=O) groups excluding carboxylic acids is 1. The molecule has 0 aliphatic heterocycles. The van der Waals surface area contributed by atoms with Crippen LogP contribution in [0.3, 0.4) is 0 Å². The van der Waals surface area contributed by atoms with Crippen molar-refractivity contribution in [1.82, 2.24) is 0 Å². The van der Waals surface area contributed by atoms with E-state index in [1.165, 1.54) is 0 Å². The van der Waals surface area contributed by atoms with Crippen LogP contribution in [0, 0.1) is 0 Å². The summed E-state index contributed by atoms with van der Waals surface area (Å²) in [5.74, 6) is 1.13. The molecule has 0 unspecified atom stereocenters. The third-order valence-electron chi connectivity index (χ3n) is 2.67. The molecular formula is C15H23ClO2Si. The second-order valence-corrected chi connectivity index (χ2v) is 11.5. The Morgan fingerprint density at radius 1 is 1.26 bits per heavy atom. The number of hydrogen-bond donors (Lipinski definition) is 0. The van der Waals surface area contributed by atoms with Crippen LogP contribution in [0.5, 0.6) is 5.75 Å². The standard InChI is InChI=1S/C15H23ClO2Si/c1-15(2,3)13-8-11(9-16)7-12(10-17)14(13)18-19(4,5)6/h7-8,10H,9H2,1-6H3. The van der Waals surface area contributed by atoms with Crippen molar-refractivity contribution in [2.45, 2.75) is 51.7 Å². The highest BCUT2D eigenvalue weighted by Gasteiger charge is 2.26. The van der Waals surface area contributed by atoms with Crippen LogP contribution >= 0.6 is 11.6 Å². The first-order valence-electron chi connectivity index (χ1n) is 6.46. The smallest absolute Gasteiger partial charge is 0.242 e. The lowest BCUT2D eigenvalue weighted by Gasteiger charge is -2.29. The van der Waals surface area contributed by atoms with E-state index in [0.717, 1.165) is 23.2 Å². The Morgan fingerprint density at radius 2 is 1.84 bits per heavy atom. The highest BCUT2D eigenvalue weighted by Crippen LogP contribution is 2.36. The molecule has 0 saturated carbocycles. The lowest BCUT2D eigenvalue weighted by Crippen LogP contribution is -2.31. The molecule has 0 N–H and O–H groups in total. The maximum Gasteiger partial charge on any atom is 0.242 e. The quantitative estimate of drug-likeness (QED) is 0.455. The summed E-state index contributed by atoms with van der Waals surface area (Å²) in [4.78, 5) is 11.4. The van der Waals surface area contributed by atoms with Crippen molar-refractivity contribution in [2.75, 3.05) is 0 Å². The van der Waals surface area contributed by atoms with E-state index in [-0.39, 0.29) is 5.41 Å². The fraction of sp³-hybridized carbons (Fsp3) is 0.533. The largest absolute Gasteiger partial charge is 0.544 e. The molecule has 0 saturated heterocycles. The van der Waals surface area contributed by atoms with E-state index >= 15 is 0 Å². The third-order valence-corrected chi connectivity index (χ3v) is 3.80. The summed E-state index contributed by atoms with van der Waals surface area (Å²) in [6.45, 7) is 12.7. The highest BCUT2D eigenvalue weighted by atomic mass is 35.5. The molecule has 0 heterocycles. The van der Waals surface area contributed by atoms with Crippen molar-refractivity contribution >= 4 is 26.2 Å². The maximum absolute atomic E-state index is 11.4. The molecule has 0 amide bonds. The minimum atomic E-state index is -1.78. The Balaban J connectivity index is 3.51. The van der Waals surface area contributed by atoms with E-state index in [0.29, 0.717) is 11.4 Å². The zero-order valence-corrected chi connectivity index (χ0v) is 14.4. The molecule has 2 nitrogen and oxygen atoms in total. The van der Waals surface area contributed by atoms with Gasteiger partial charge in [0.05, 0.1) is 5.56 Å². The van der Waals surface area contributed by atoms with Gasteiger partial charge in [0.25, 0.3) is 0 Å². The highest BCUT2D eigenvalue weighted by molar-refractivity contribution is 6.70. The van der Waals surface area contributed by atoms with E-state index < -0.39 is 8.32 Å². The number of carbonyl (C=O) groups is 1. The molecule has 1 aromatic rings. The predicted octanol–water partition coefficient (Wildman–Crippen LogP) is 4.75. The molecule has 0 aromatic heterocycles. The van der Waals surface area contributed by atoms with Crippen molar-refractivity contribution in [1.29, 1.82) is 0 Å². The molecular weight excluding hydrogens is 276 g/mol. The Morgan fingerprint density at radius 3 is 2.21 bits per heavy atom. The average Bonchev–Trinajstić information content (AvgIpc) is 2.25. The summed E-state index contributed by atoms with van der Waals surface area (Å²) in [6, 6.07) is 3.88. The summed E-state index contributed by atoms with van der Waals surface area (Å²) < 4.78 is 6.15. The Hall–Kier alpha value is -0.803. The summed E-state index contributed by atoms with van der Waals surface area (Å²) in [7, 11) is -1.78. The molecule has 0 aliphatic carbocycles. The van der Waals surface area contributed by atoms with Gasteiger partial charge in [0, 0.05) is 5.88 Å². The Labute approximate surface area is 122 Å². The van der Waals surface area contributed by atoms with Gasteiger partial charge < -0.3 is 4.43 Å². The zero-order chi connectivity index (χ0) is 14.8. The third kappa shape index (κ3) is 4.36.